The first-order valence-corrected chi connectivity index (χ1v) is 7.77. The number of thiophene rings is 1. The monoisotopic (exact) mass is 286 g/mol. The summed E-state index contributed by atoms with van der Waals surface area (Å²) in [6.07, 6.45) is 7.88. The summed E-state index contributed by atoms with van der Waals surface area (Å²) < 4.78 is 0. The van der Waals surface area contributed by atoms with E-state index >= 15 is 0 Å². The lowest BCUT2D eigenvalue weighted by Gasteiger charge is -2.37. The molecule has 0 spiro atoms. The summed E-state index contributed by atoms with van der Waals surface area (Å²) in [6.45, 7) is 0. The third kappa shape index (κ3) is 1.62. The number of nitrogens with zero attached hydrogens (tertiary/aromatic N) is 2. The van der Waals surface area contributed by atoms with E-state index in [1.54, 1.807) is 6.21 Å². The summed E-state index contributed by atoms with van der Waals surface area (Å²) in [5, 5.41) is 7.19. The van der Waals surface area contributed by atoms with Crippen molar-refractivity contribution in [3.8, 4) is 0 Å². The standard InChI is InChI=1S/C15H14N2O2S/c18-14-12-9-3-4-10(6-5-9)13(12)15(19)17(14)16-8-11-2-1-7-20-11/h1-4,7-10,12-13H,5-6H2/b16-8-/t9-,10+,12-,13-/m0/s1. The van der Waals surface area contributed by atoms with E-state index < -0.39 is 0 Å². The SMILES string of the molecule is O=C1[C@@H]2[C@@H](C(=O)N1/N=C\c1cccs1)[C@H]1C=C[C@@H]2CC1. The lowest BCUT2D eigenvalue weighted by molar-refractivity contribution is -0.140. The maximum absolute atomic E-state index is 12.5. The van der Waals surface area contributed by atoms with Crippen LogP contribution in [-0.4, -0.2) is 23.0 Å². The van der Waals surface area contributed by atoms with Gasteiger partial charge in [0.2, 0.25) is 0 Å². The second-order valence-electron chi connectivity index (χ2n) is 5.59. The van der Waals surface area contributed by atoms with Crippen molar-refractivity contribution in [2.75, 3.05) is 0 Å². The Hall–Kier alpha value is -1.75. The van der Waals surface area contributed by atoms with Crippen LogP contribution >= 0.6 is 11.3 Å². The van der Waals surface area contributed by atoms with Gasteiger partial charge in [-0.05, 0) is 36.1 Å². The van der Waals surface area contributed by atoms with Gasteiger partial charge in [0, 0.05) is 4.88 Å². The van der Waals surface area contributed by atoms with Crippen LogP contribution in [0.15, 0.2) is 34.8 Å². The molecule has 2 bridgehead atoms. The zero-order chi connectivity index (χ0) is 13.7. The maximum Gasteiger partial charge on any atom is 0.254 e. The van der Waals surface area contributed by atoms with Crippen LogP contribution < -0.4 is 0 Å². The molecule has 1 saturated heterocycles. The van der Waals surface area contributed by atoms with Crippen molar-refractivity contribution in [2.45, 2.75) is 12.8 Å². The Morgan fingerprint density at radius 1 is 1.15 bits per heavy atom. The molecule has 0 N–H and O–H groups in total. The molecule has 5 rings (SSSR count). The largest absolute Gasteiger partial charge is 0.272 e. The highest BCUT2D eigenvalue weighted by atomic mass is 32.1. The van der Waals surface area contributed by atoms with Crippen molar-refractivity contribution in [1.82, 2.24) is 5.01 Å². The van der Waals surface area contributed by atoms with Crippen LogP contribution in [0.5, 0.6) is 0 Å². The zero-order valence-corrected chi connectivity index (χ0v) is 11.6. The van der Waals surface area contributed by atoms with Crippen LogP contribution in [0.2, 0.25) is 0 Å². The molecular formula is C15H14N2O2S. The van der Waals surface area contributed by atoms with Crippen molar-refractivity contribution in [3.63, 3.8) is 0 Å². The highest BCUT2D eigenvalue weighted by molar-refractivity contribution is 7.11. The van der Waals surface area contributed by atoms with E-state index in [0.29, 0.717) is 0 Å². The van der Waals surface area contributed by atoms with Gasteiger partial charge >= 0.3 is 0 Å². The van der Waals surface area contributed by atoms with Gasteiger partial charge in [0.05, 0.1) is 18.1 Å². The molecule has 4 atom stereocenters. The van der Waals surface area contributed by atoms with Crippen molar-refractivity contribution in [2.24, 2.45) is 28.8 Å². The molecule has 0 aromatic carbocycles. The highest BCUT2D eigenvalue weighted by Gasteiger charge is 2.56. The topological polar surface area (TPSA) is 49.7 Å². The normalized spacial score (nSPS) is 35.3. The van der Waals surface area contributed by atoms with Crippen LogP contribution in [0.4, 0.5) is 0 Å². The van der Waals surface area contributed by atoms with E-state index in [-0.39, 0.29) is 35.5 Å². The molecule has 0 unspecified atom stereocenters. The first-order chi connectivity index (χ1) is 9.75. The molecule has 1 aromatic heterocycles. The number of hydrogen-bond acceptors (Lipinski definition) is 4. The molecular weight excluding hydrogens is 272 g/mol. The van der Waals surface area contributed by atoms with Crippen LogP contribution in [-0.2, 0) is 9.59 Å². The molecule has 20 heavy (non-hydrogen) atoms. The first-order valence-electron chi connectivity index (χ1n) is 6.89. The molecule has 4 nitrogen and oxygen atoms in total. The van der Waals surface area contributed by atoms with Gasteiger partial charge in [-0.3, -0.25) is 9.59 Å². The van der Waals surface area contributed by atoms with Gasteiger partial charge in [-0.2, -0.15) is 10.1 Å². The lowest BCUT2D eigenvalue weighted by Crippen LogP contribution is -2.38. The summed E-state index contributed by atoms with van der Waals surface area (Å²) >= 11 is 1.54. The van der Waals surface area contributed by atoms with E-state index in [1.165, 1.54) is 11.3 Å². The second kappa shape index (κ2) is 4.38. The predicted octanol–water partition coefficient (Wildman–Crippen LogP) is 2.28. The molecule has 1 saturated carbocycles. The van der Waals surface area contributed by atoms with Crippen LogP contribution in [0.25, 0.3) is 0 Å². The van der Waals surface area contributed by atoms with Crippen LogP contribution in [0.1, 0.15) is 17.7 Å². The van der Waals surface area contributed by atoms with Crippen LogP contribution in [0.3, 0.4) is 0 Å². The highest BCUT2D eigenvalue weighted by Crippen LogP contribution is 2.49. The number of hydrogen-bond donors (Lipinski definition) is 0. The Balaban J connectivity index is 1.64. The van der Waals surface area contributed by atoms with E-state index in [1.807, 2.05) is 17.5 Å². The Labute approximate surface area is 120 Å². The molecule has 102 valence electrons. The fraction of sp³-hybridized carbons (Fsp3) is 0.400. The summed E-state index contributed by atoms with van der Waals surface area (Å²) in [5.41, 5.74) is 0. The lowest BCUT2D eigenvalue weighted by atomic mass is 9.63. The summed E-state index contributed by atoms with van der Waals surface area (Å²) in [7, 11) is 0. The second-order valence-corrected chi connectivity index (χ2v) is 6.57. The fourth-order valence-electron chi connectivity index (χ4n) is 3.65. The Morgan fingerprint density at radius 2 is 1.80 bits per heavy atom. The van der Waals surface area contributed by atoms with Gasteiger partial charge in [-0.1, -0.05) is 18.2 Å². The number of carbonyl (C=O) groups excluding carboxylic acids is 2. The van der Waals surface area contributed by atoms with Gasteiger partial charge in [0.15, 0.2) is 0 Å². The number of imide groups is 1. The van der Waals surface area contributed by atoms with Gasteiger partial charge < -0.3 is 0 Å². The number of hydrazone groups is 1. The number of allylic oxidation sites excluding steroid dienone is 2. The fourth-order valence-corrected chi connectivity index (χ4v) is 4.23. The van der Waals surface area contributed by atoms with Crippen molar-refractivity contribution < 1.29 is 9.59 Å². The molecule has 1 aliphatic heterocycles. The zero-order valence-electron chi connectivity index (χ0n) is 10.8. The Bertz CT molecular complexity index is 588. The minimum Gasteiger partial charge on any atom is -0.272 e. The molecule has 4 aliphatic rings. The maximum atomic E-state index is 12.5. The average molecular weight is 286 g/mol. The van der Waals surface area contributed by atoms with Gasteiger partial charge in [0.1, 0.15) is 0 Å². The molecule has 3 aliphatic carbocycles. The number of fused-ring (bicyclic) bond motifs is 1. The summed E-state index contributed by atoms with van der Waals surface area (Å²) in [4.78, 5) is 25.9. The molecule has 5 heteroatoms. The van der Waals surface area contributed by atoms with Gasteiger partial charge in [-0.15, -0.1) is 11.3 Å². The van der Waals surface area contributed by atoms with Crippen molar-refractivity contribution in [3.05, 3.63) is 34.5 Å². The van der Waals surface area contributed by atoms with E-state index in [2.05, 4.69) is 17.3 Å². The summed E-state index contributed by atoms with van der Waals surface area (Å²) in [6, 6.07) is 3.83. The van der Waals surface area contributed by atoms with Crippen molar-refractivity contribution in [1.29, 1.82) is 0 Å². The van der Waals surface area contributed by atoms with Crippen molar-refractivity contribution >= 4 is 29.4 Å². The summed E-state index contributed by atoms with van der Waals surface area (Å²) in [5.74, 6) is -0.135. The number of carbonyl (C=O) groups is 2. The Morgan fingerprint density at radius 3 is 2.30 bits per heavy atom. The smallest absolute Gasteiger partial charge is 0.254 e. The average Bonchev–Trinajstić information content (AvgIpc) is 3.08. The predicted molar refractivity (Wildman–Crippen MR) is 76.1 cm³/mol. The van der Waals surface area contributed by atoms with E-state index in [4.69, 9.17) is 0 Å². The number of amides is 2. The molecule has 2 fully saturated rings. The quantitative estimate of drug-likeness (QED) is 0.476. The third-order valence-electron chi connectivity index (χ3n) is 4.58. The van der Waals surface area contributed by atoms with E-state index in [9.17, 15) is 9.59 Å². The molecule has 1 aromatic rings. The first kappa shape index (κ1) is 12.0. The molecule has 2 heterocycles. The third-order valence-corrected chi connectivity index (χ3v) is 5.39. The van der Waals surface area contributed by atoms with Gasteiger partial charge in [-0.25, -0.2) is 0 Å². The minimum atomic E-state index is -0.174. The minimum absolute atomic E-state index is 0.119. The van der Waals surface area contributed by atoms with Crippen LogP contribution in [0, 0.1) is 23.7 Å². The molecule has 2 amide bonds. The van der Waals surface area contributed by atoms with E-state index in [0.717, 1.165) is 22.7 Å². The number of rotatable bonds is 2. The Kier molecular flexibility index (Phi) is 2.63. The molecule has 0 radical (unpaired) electrons. The van der Waals surface area contributed by atoms with Gasteiger partial charge in [0.25, 0.3) is 11.8 Å².